The third kappa shape index (κ3) is 1.70. The molecule has 1 aromatic carbocycles. The molecule has 4 N–H and O–H groups in total. The Bertz CT molecular complexity index is 670. The molecule has 0 saturated carbocycles. The van der Waals surface area contributed by atoms with Gasteiger partial charge in [-0.25, -0.2) is 4.98 Å². The van der Waals surface area contributed by atoms with E-state index in [0.717, 1.165) is 11.3 Å². The van der Waals surface area contributed by atoms with Crippen LogP contribution in [0.15, 0.2) is 35.7 Å². The van der Waals surface area contributed by atoms with Crippen molar-refractivity contribution in [1.29, 1.82) is 0 Å². The molecule has 3 rings (SSSR count). The van der Waals surface area contributed by atoms with Crippen LogP contribution in [0.3, 0.4) is 0 Å². The summed E-state index contributed by atoms with van der Waals surface area (Å²) in [4.78, 5) is 8.10. The first-order chi connectivity index (χ1) is 8.24. The monoisotopic (exact) mass is 242 g/mol. The topological polar surface area (TPSA) is 77.8 Å². The molecule has 5 heteroatoms. The zero-order chi connectivity index (χ0) is 11.8. The molecule has 0 spiro atoms. The van der Waals surface area contributed by atoms with Crippen LogP contribution in [0, 0.1) is 0 Å². The number of nitrogens with zero attached hydrogens (tertiary/aromatic N) is 2. The van der Waals surface area contributed by atoms with E-state index in [1.54, 1.807) is 17.4 Å². The van der Waals surface area contributed by atoms with Crippen LogP contribution in [0.2, 0.25) is 0 Å². The Morgan fingerprint density at radius 3 is 2.76 bits per heavy atom. The second-order valence-electron chi connectivity index (χ2n) is 3.68. The van der Waals surface area contributed by atoms with Gasteiger partial charge in [-0.05, 0) is 16.8 Å². The number of nitrogens with two attached hydrogens (primary N) is 2. The summed E-state index contributed by atoms with van der Waals surface area (Å²) in [7, 11) is 0. The van der Waals surface area contributed by atoms with E-state index in [1.807, 2.05) is 12.1 Å². The van der Waals surface area contributed by atoms with Gasteiger partial charge in [-0.1, -0.05) is 18.2 Å². The van der Waals surface area contributed by atoms with Crippen LogP contribution in [-0.4, -0.2) is 9.97 Å². The van der Waals surface area contributed by atoms with Gasteiger partial charge in [-0.3, -0.25) is 0 Å². The molecule has 4 nitrogen and oxygen atoms in total. The van der Waals surface area contributed by atoms with Crippen molar-refractivity contribution < 1.29 is 0 Å². The highest BCUT2D eigenvalue weighted by molar-refractivity contribution is 7.17. The number of thiophene rings is 1. The first-order valence-corrected chi connectivity index (χ1v) is 5.98. The minimum atomic E-state index is 0.202. The summed E-state index contributed by atoms with van der Waals surface area (Å²) in [5, 5.41) is 3.26. The van der Waals surface area contributed by atoms with Gasteiger partial charge in [0.05, 0.1) is 5.69 Å². The molecule has 0 fully saturated rings. The van der Waals surface area contributed by atoms with Crippen molar-refractivity contribution in [3.05, 3.63) is 35.7 Å². The molecular weight excluding hydrogens is 232 g/mol. The summed E-state index contributed by atoms with van der Waals surface area (Å²) >= 11 is 1.68. The van der Waals surface area contributed by atoms with Gasteiger partial charge in [-0.2, -0.15) is 4.98 Å². The van der Waals surface area contributed by atoms with Crippen LogP contribution >= 0.6 is 11.3 Å². The summed E-state index contributed by atoms with van der Waals surface area (Å²) in [6.07, 6.45) is 0. The predicted molar refractivity (Wildman–Crippen MR) is 71.7 cm³/mol. The van der Waals surface area contributed by atoms with Gasteiger partial charge in [-0.15, -0.1) is 11.3 Å². The van der Waals surface area contributed by atoms with E-state index in [1.165, 1.54) is 10.1 Å². The lowest BCUT2D eigenvalue weighted by atomic mass is 10.1. The van der Waals surface area contributed by atoms with Gasteiger partial charge in [0.15, 0.2) is 0 Å². The number of benzene rings is 1. The molecule has 0 saturated heterocycles. The summed E-state index contributed by atoms with van der Waals surface area (Å²) in [6, 6.07) is 9.91. The molecule has 0 amide bonds. The first-order valence-electron chi connectivity index (χ1n) is 5.10. The van der Waals surface area contributed by atoms with E-state index >= 15 is 0 Å². The summed E-state index contributed by atoms with van der Waals surface area (Å²) in [6.45, 7) is 0. The van der Waals surface area contributed by atoms with Gasteiger partial charge in [0.1, 0.15) is 5.82 Å². The lowest BCUT2D eigenvalue weighted by Crippen LogP contribution is -2.00. The fourth-order valence-corrected chi connectivity index (χ4v) is 2.74. The van der Waals surface area contributed by atoms with Gasteiger partial charge < -0.3 is 11.5 Å². The lowest BCUT2D eigenvalue weighted by Gasteiger charge is -2.04. The van der Waals surface area contributed by atoms with Crippen LogP contribution < -0.4 is 11.5 Å². The Morgan fingerprint density at radius 1 is 1.06 bits per heavy atom. The minimum Gasteiger partial charge on any atom is -0.384 e. The number of rotatable bonds is 1. The van der Waals surface area contributed by atoms with Crippen LogP contribution in [-0.2, 0) is 0 Å². The van der Waals surface area contributed by atoms with E-state index < -0.39 is 0 Å². The molecule has 17 heavy (non-hydrogen) atoms. The van der Waals surface area contributed by atoms with E-state index in [9.17, 15) is 0 Å². The third-order valence-electron chi connectivity index (χ3n) is 2.52. The van der Waals surface area contributed by atoms with Gasteiger partial charge >= 0.3 is 0 Å². The molecule has 0 aliphatic rings. The number of nitrogen functional groups attached to an aromatic ring is 2. The number of fused-ring (bicyclic) bond motifs is 1. The van der Waals surface area contributed by atoms with E-state index in [4.69, 9.17) is 11.5 Å². The maximum atomic E-state index is 5.69. The third-order valence-corrected chi connectivity index (χ3v) is 3.48. The van der Waals surface area contributed by atoms with Crippen LogP contribution in [0.25, 0.3) is 21.3 Å². The number of hydrogen-bond acceptors (Lipinski definition) is 5. The molecule has 0 atom stereocenters. The molecule has 0 unspecified atom stereocenters. The maximum absolute atomic E-state index is 5.69. The van der Waals surface area contributed by atoms with Crippen molar-refractivity contribution in [1.82, 2.24) is 9.97 Å². The first kappa shape index (κ1) is 10.0. The molecule has 2 heterocycles. The maximum Gasteiger partial charge on any atom is 0.222 e. The highest BCUT2D eigenvalue weighted by Crippen LogP contribution is 2.32. The van der Waals surface area contributed by atoms with Crippen LogP contribution in [0.5, 0.6) is 0 Å². The van der Waals surface area contributed by atoms with E-state index in [2.05, 4.69) is 27.5 Å². The molecule has 2 aromatic heterocycles. The SMILES string of the molecule is Nc1cc(-c2cccc3ccsc23)nc(N)n1. The molecule has 0 bridgehead atoms. The normalized spacial score (nSPS) is 10.8. The van der Waals surface area contributed by atoms with Crippen molar-refractivity contribution >= 4 is 33.2 Å². The second kappa shape index (κ2) is 3.71. The molecule has 0 aliphatic carbocycles. The van der Waals surface area contributed by atoms with Crippen molar-refractivity contribution in [3.8, 4) is 11.3 Å². The molecule has 3 aromatic rings. The Morgan fingerprint density at radius 2 is 1.94 bits per heavy atom. The largest absolute Gasteiger partial charge is 0.384 e. The highest BCUT2D eigenvalue weighted by Gasteiger charge is 2.08. The smallest absolute Gasteiger partial charge is 0.222 e. The summed E-state index contributed by atoms with van der Waals surface area (Å²) in [5.41, 5.74) is 13.1. The van der Waals surface area contributed by atoms with Crippen LogP contribution in [0.1, 0.15) is 0 Å². The number of anilines is 2. The van der Waals surface area contributed by atoms with Gasteiger partial charge in [0.25, 0.3) is 0 Å². The van der Waals surface area contributed by atoms with Crippen molar-refractivity contribution in [3.63, 3.8) is 0 Å². The highest BCUT2D eigenvalue weighted by atomic mass is 32.1. The Kier molecular flexibility index (Phi) is 2.19. The fraction of sp³-hybridized carbons (Fsp3) is 0. The van der Waals surface area contributed by atoms with Gasteiger partial charge in [0.2, 0.25) is 5.95 Å². The Balaban J connectivity index is 2.30. The average Bonchev–Trinajstić information content (AvgIpc) is 2.75. The second-order valence-corrected chi connectivity index (χ2v) is 4.60. The average molecular weight is 242 g/mol. The van der Waals surface area contributed by atoms with Crippen molar-refractivity contribution in [2.45, 2.75) is 0 Å². The quantitative estimate of drug-likeness (QED) is 0.687. The lowest BCUT2D eigenvalue weighted by molar-refractivity contribution is 1.20. The fourth-order valence-electron chi connectivity index (χ4n) is 1.82. The predicted octanol–water partition coefficient (Wildman–Crippen LogP) is 2.52. The minimum absolute atomic E-state index is 0.202. The standard InChI is InChI=1S/C12H10N4S/c13-10-6-9(15-12(14)16-10)8-3-1-2-7-4-5-17-11(7)8/h1-6H,(H4,13,14,15,16). The number of aromatic nitrogens is 2. The van der Waals surface area contributed by atoms with Gasteiger partial charge in [0, 0.05) is 16.3 Å². The zero-order valence-electron chi connectivity index (χ0n) is 8.92. The van der Waals surface area contributed by atoms with Crippen molar-refractivity contribution in [2.75, 3.05) is 11.5 Å². The Hall–Kier alpha value is -2.14. The van der Waals surface area contributed by atoms with Crippen LogP contribution in [0.4, 0.5) is 11.8 Å². The van der Waals surface area contributed by atoms with E-state index in [-0.39, 0.29) is 5.95 Å². The zero-order valence-corrected chi connectivity index (χ0v) is 9.74. The Labute approximate surface area is 102 Å². The number of hydrogen-bond donors (Lipinski definition) is 2. The summed E-state index contributed by atoms with van der Waals surface area (Å²) in [5.74, 6) is 0.592. The van der Waals surface area contributed by atoms with Crippen molar-refractivity contribution in [2.24, 2.45) is 0 Å². The molecule has 84 valence electrons. The molecular formula is C12H10N4S. The molecule has 0 radical (unpaired) electrons. The molecule has 0 aliphatic heterocycles. The van der Waals surface area contributed by atoms with E-state index in [0.29, 0.717) is 5.82 Å². The summed E-state index contributed by atoms with van der Waals surface area (Å²) < 4.78 is 1.19.